The number of hydrogen-bond acceptors (Lipinski definition) is 2. The first-order valence-corrected chi connectivity index (χ1v) is 7.66. The van der Waals surface area contributed by atoms with Crippen LogP contribution in [0.25, 0.3) is 10.8 Å². The number of carbonyl (C=O) groups is 1. The summed E-state index contributed by atoms with van der Waals surface area (Å²) in [5.41, 5.74) is 6.97. The Morgan fingerprint density at radius 3 is 2.62 bits per heavy atom. The molecule has 0 spiro atoms. The molecule has 0 bridgehead atoms. The van der Waals surface area contributed by atoms with Gasteiger partial charge in [0, 0.05) is 25.0 Å². The van der Waals surface area contributed by atoms with E-state index in [1.54, 1.807) is 0 Å². The summed E-state index contributed by atoms with van der Waals surface area (Å²) < 4.78 is 0. The third-order valence-corrected chi connectivity index (χ3v) is 3.97. The zero-order valence-corrected chi connectivity index (χ0v) is 12.5. The van der Waals surface area contributed by atoms with Gasteiger partial charge in [-0.1, -0.05) is 36.4 Å². The molecule has 3 nitrogen and oxygen atoms in total. The molecule has 0 aromatic heterocycles. The van der Waals surface area contributed by atoms with Crippen molar-refractivity contribution in [3.8, 4) is 0 Å². The van der Waals surface area contributed by atoms with Crippen LogP contribution in [0.15, 0.2) is 42.5 Å². The molecule has 3 rings (SSSR count). The molecule has 1 aliphatic rings. The molecule has 3 heteroatoms. The minimum absolute atomic E-state index is 0.0737. The lowest BCUT2D eigenvalue weighted by atomic mass is 10.1. The summed E-state index contributed by atoms with van der Waals surface area (Å²) in [6, 6.07) is 15.1. The van der Waals surface area contributed by atoms with Crippen LogP contribution < -0.4 is 5.73 Å². The van der Waals surface area contributed by atoms with Crippen LogP contribution in [-0.4, -0.2) is 22.9 Å². The van der Waals surface area contributed by atoms with Crippen molar-refractivity contribution in [2.75, 3.05) is 0 Å². The predicted molar refractivity (Wildman–Crippen MR) is 85.8 cm³/mol. The molecule has 2 aromatic rings. The standard InChI is InChI=1S/C18H22N2O/c1-13(19)10-18(21)20(17-8-9-17)12-14-6-7-15-4-2-3-5-16(15)11-14/h2-7,11,13,17H,8-10,12,19H2,1H3. The second-order valence-electron chi connectivity index (χ2n) is 6.12. The third kappa shape index (κ3) is 3.42. The first-order valence-electron chi connectivity index (χ1n) is 7.66. The van der Waals surface area contributed by atoms with Gasteiger partial charge in [0.05, 0.1) is 0 Å². The van der Waals surface area contributed by atoms with Crippen molar-refractivity contribution in [2.24, 2.45) is 5.73 Å². The Balaban J connectivity index is 1.79. The molecule has 0 aliphatic heterocycles. The molecular formula is C18H22N2O. The quantitative estimate of drug-likeness (QED) is 0.916. The Bertz CT molecular complexity index is 646. The zero-order chi connectivity index (χ0) is 14.8. The maximum Gasteiger partial charge on any atom is 0.224 e. The average molecular weight is 282 g/mol. The monoisotopic (exact) mass is 282 g/mol. The number of fused-ring (bicyclic) bond motifs is 1. The van der Waals surface area contributed by atoms with Crippen molar-refractivity contribution in [3.63, 3.8) is 0 Å². The molecule has 1 atom stereocenters. The van der Waals surface area contributed by atoms with Crippen molar-refractivity contribution in [1.82, 2.24) is 4.90 Å². The van der Waals surface area contributed by atoms with Gasteiger partial charge in [-0.2, -0.15) is 0 Å². The summed E-state index contributed by atoms with van der Waals surface area (Å²) in [7, 11) is 0. The third-order valence-electron chi connectivity index (χ3n) is 3.97. The smallest absolute Gasteiger partial charge is 0.224 e. The Morgan fingerprint density at radius 1 is 1.24 bits per heavy atom. The lowest BCUT2D eigenvalue weighted by molar-refractivity contribution is -0.132. The van der Waals surface area contributed by atoms with Crippen LogP contribution in [0.2, 0.25) is 0 Å². The summed E-state index contributed by atoms with van der Waals surface area (Å²) in [4.78, 5) is 14.4. The highest BCUT2D eigenvalue weighted by Crippen LogP contribution is 2.29. The Morgan fingerprint density at radius 2 is 1.95 bits per heavy atom. The van der Waals surface area contributed by atoms with Crippen molar-refractivity contribution in [3.05, 3.63) is 48.0 Å². The van der Waals surface area contributed by atoms with Gasteiger partial charge in [-0.15, -0.1) is 0 Å². The van der Waals surface area contributed by atoms with E-state index in [1.165, 1.54) is 16.3 Å². The van der Waals surface area contributed by atoms with Gasteiger partial charge >= 0.3 is 0 Å². The fourth-order valence-electron chi connectivity index (χ4n) is 2.73. The van der Waals surface area contributed by atoms with E-state index in [-0.39, 0.29) is 11.9 Å². The van der Waals surface area contributed by atoms with Crippen LogP contribution in [0, 0.1) is 0 Å². The Hall–Kier alpha value is -1.87. The maximum atomic E-state index is 12.3. The SMILES string of the molecule is CC(N)CC(=O)N(Cc1ccc2ccccc2c1)C1CC1. The zero-order valence-electron chi connectivity index (χ0n) is 12.5. The van der Waals surface area contributed by atoms with Crippen LogP contribution in [-0.2, 0) is 11.3 Å². The number of benzene rings is 2. The van der Waals surface area contributed by atoms with E-state index in [1.807, 2.05) is 24.0 Å². The van der Waals surface area contributed by atoms with Crippen molar-refractivity contribution < 1.29 is 4.79 Å². The second kappa shape index (κ2) is 5.86. The minimum atomic E-state index is -0.0737. The predicted octanol–water partition coefficient (Wildman–Crippen LogP) is 3.07. The molecule has 1 saturated carbocycles. The highest BCUT2D eigenvalue weighted by molar-refractivity contribution is 5.83. The number of rotatable bonds is 5. The fourth-order valence-corrected chi connectivity index (χ4v) is 2.73. The summed E-state index contributed by atoms with van der Waals surface area (Å²) in [6.45, 7) is 2.58. The van der Waals surface area contributed by atoms with Crippen LogP contribution >= 0.6 is 0 Å². The molecule has 110 valence electrons. The largest absolute Gasteiger partial charge is 0.335 e. The van der Waals surface area contributed by atoms with E-state index < -0.39 is 0 Å². The molecule has 21 heavy (non-hydrogen) atoms. The number of amides is 1. The molecule has 0 radical (unpaired) electrons. The van der Waals surface area contributed by atoms with Gasteiger partial charge in [-0.25, -0.2) is 0 Å². The maximum absolute atomic E-state index is 12.3. The van der Waals surface area contributed by atoms with Crippen molar-refractivity contribution in [1.29, 1.82) is 0 Å². The molecule has 2 N–H and O–H groups in total. The summed E-state index contributed by atoms with van der Waals surface area (Å²) >= 11 is 0. The fraction of sp³-hybridized carbons (Fsp3) is 0.389. The summed E-state index contributed by atoms with van der Waals surface area (Å²) in [6.07, 6.45) is 2.68. The average Bonchev–Trinajstić information content (AvgIpc) is 3.28. The van der Waals surface area contributed by atoms with Gasteiger partial charge in [-0.05, 0) is 42.2 Å². The lowest BCUT2D eigenvalue weighted by Crippen LogP contribution is -2.36. The molecule has 1 aliphatic carbocycles. The number of nitrogens with two attached hydrogens (primary N) is 1. The van der Waals surface area contributed by atoms with Crippen LogP contribution in [0.3, 0.4) is 0 Å². The van der Waals surface area contributed by atoms with E-state index >= 15 is 0 Å². The Labute approximate surface area is 125 Å². The van der Waals surface area contributed by atoms with E-state index in [2.05, 4.69) is 30.3 Å². The van der Waals surface area contributed by atoms with Gasteiger partial charge in [0.25, 0.3) is 0 Å². The normalized spacial score (nSPS) is 15.9. The minimum Gasteiger partial charge on any atom is -0.335 e. The van der Waals surface area contributed by atoms with Crippen LogP contribution in [0.5, 0.6) is 0 Å². The molecule has 0 heterocycles. The van der Waals surface area contributed by atoms with Crippen molar-refractivity contribution >= 4 is 16.7 Å². The van der Waals surface area contributed by atoms with Gasteiger partial charge in [0.2, 0.25) is 5.91 Å². The molecule has 1 fully saturated rings. The van der Waals surface area contributed by atoms with Gasteiger partial charge in [0.15, 0.2) is 0 Å². The number of carbonyl (C=O) groups excluding carboxylic acids is 1. The van der Waals surface area contributed by atoms with E-state index in [9.17, 15) is 4.79 Å². The molecule has 0 saturated heterocycles. The summed E-state index contributed by atoms with van der Waals surface area (Å²) in [5.74, 6) is 0.181. The second-order valence-corrected chi connectivity index (χ2v) is 6.12. The van der Waals surface area contributed by atoms with Crippen LogP contribution in [0.1, 0.15) is 31.7 Å². The molecule has 1 unspecified atom stereocenters. The van der Waals surface area contributed by atoms with Gasteiger partial charge in [-0.3, -0.25) is 4.79 Å². The number of nitrogens with zero attached hydrogens (tertiary/aromatic N) is 1. The first-order chi connectivity index (χ1) is 10.1. The first kappa shape index (κ1) is 14.1. The number of hydrogen-bond donors (Lipinski definition) is 1. The highest BCUT2D eigenvalue weighted by atomic mass is 16.2. The van der Waals surface area contributed by atoms with Gasteiger partial charge < -0.3 is 10.6 Å². The van der Waals surface area contributed by atoms with Crippen LogP contribution in [0.4, 0.5) is 0 Å². The topological polar surface area (TPSA) is 46.3 Å². The molecule has 2 aromatic carbocycles. The van der Waals surface area contributed by atoms with E-state index in [0.29, 0.717) is 19.0 Å². The van der Waals surface area contributed by atoms with E-state index in [4.69, 9.17) is 5.73 Å². The molecular weight excluding hydrogens is 260 g/mol. The molecule has 1 amide bonds. The summed E-state index contributed by atoms with van der Waals surface area (Å²) in [5, 5.41) is 2.46. The van der Waals surface area contributed by atoms with Crippen molar-refractivity contribution in [2.45, 2.75) is 44.8 Å². The lowest BCUT2D eigenvalue weighted by Gasteiger charge is -2.23. The van der Waals surface area contributed by atoms with E-state index in [0.717, 1.165) is 12.8 Å². The van der Waals surface area contributed by atoms with Gasteiger partial charge in [0.1, 0.15) is 0 Å². The Kier molecular flexibility index (Phi) is 3.93. The highest BCUT2D eigenvalue weighted by Gasteiger charge is 2.32.